The summed E-state index contributed by atoms with van der Waals surface area (Å²) in [5.74, 6) is -0.0601. The minimum atomic E-state index is -4.49. The molecule has 3 aromatic rings. The van der Waals surface area contributed by atoms with Gasteiger partial charge in [-0.15, -0.1) is 0 Å². The van der Waals surface area contributed by atoms with Crippen molar-refractivity contribution in [2.24, 2.45) is 5.92 Å². The van der Waals surface area contributed by atoms with Gasteiger partial charge in [-0.1, -0.05) is 17.7 Å². The van der Waals surface area contributed by atoms with Gasteiger partial charge < -0.3 is 19.5 Å². The molecule has 1 fully saturated rings. The Labute approximate surface area is 233 Å². The van der Waals surface area contributed by atoms with E-state index in [2.05, 4.69) is 4.98 Å². The molecule has 2 aliphatic rings. The fraction of sp³-hybridized carbons (Fsp3) is 0.345. The Hall–Kier alpha value is -3.79. The van der Waals surface area contributed by atoms with Crippen molar-refractivity contribution in [2.45, 2.75) is 37.8 Å². The first-order valence-electron chi connectivity index (χ1n) is 12.9. The van der Waals surface area contributed by atoms with Crippen molar-refractivity contribution in [3.05, 3.63) is 76.4 Å². The number of anilines is 1. The monoisotopic (exact) mass is 574 g/mol. The van der Waals surface area contributed by atoms with Crippen molar-refractivity contribution in [2.75, 3.05) is 24.6 Å². The number of Topliss-reactive ketones (excluding diaryl/α,β-unsaturated/α-hetero) is 1. The number of hydrogen-bond acceptors (Lipinski definition) is 6. The topological polar surface area (TPSA) is 89.0 Å². The van der Waals surface area contributed by atoms with Gasteiger partial charge in [-0.25, -0.2) is 4.98 Å². The van der Waals surface area contributed by atoms with Gasteiger partial charge in [0.1, 0.15) is 28.8 Å². The summed E-state index contributed by atoms with van der Waals surface area (Å²) >= 11 is 6.36. The van der Waals surface area contributed by atoms with Crippen molar-refractivity contribution in [1.82, 2.24) is 4.98 Å². The number of hydrogen-bond donors (Lipinski definition) is 1. The third kappa shape index (κ3) is 6.17. The molecule has 40 heavy (non-hydrogen) atoms. The van der Waals surface area contributed by atoms with Crippen molar-refractivity contribution >= 4 is 29.2 Å². The van der Waals surface area contributed by atoms with E-state index in [1.54, 1.807) is 42.5 Å². The summed E-state index contributed by atoms with van der Waals surface area (Å²) in [5.41, 5.74) is 0.122. The number of ketones is 1. The maximum atomic E-state index is 13.0. The van der Waals surface area contributed by atoms with Gasteiger partial charge in [0.15, 0.2) is 5.78 Å². The van der Waals surface area contributed by atoms with E-state index in [4.69, 9.17) is 21.1 Å². The summed E-state index contributed by atoms with van der Waals surface area (Å²) in [5, 5.41) is 9.70. The van der Waals surface area contributed by atoms with E-state index in [9.17, 15) is 27.9 Å². The molecule has 3 heterocycles. The molecular formula is C29H26ClF3N2O5. The van der Waals surface area contributed by atoms with Crippen LogP contribution >= 0.6 is 11.6 Å². The molecule has 0 amide bonds. The van der Waals surface area contributed by atoms with Crippen molar-refractivity contribution in [3.8, 4) is 17.2 Å². The molecule has 5 rings (SSSR count). The average molecular weight is 575 g/mol. The van der Waals surface area contributed by atoms with Crippen LogP contribution in [-0.2, 0) is 11.0 Å². The lowest BCUT2D eigenvalue weighted by Crippen LogP contribution is -2.35. The number of fused-ring (bicyclic) bond motifs is 1. The van der Waals surface area contributed by atoms with Gasteiger partial charge in [0.2, 0.25) is 0 Å². The van der Waals surface area contributed by atoms with E-state index in [1.807, 2.05) is 4.90 Å². The molecule has 1 unspecified atom stereocenters. The first kappa shape index (κ1) is 27.8. The highest BCUT2D eigenvalue weighted by Gasteiger charge is 2.33. The number of carboxylic acids is 1. The zero-order chi connectivity index (χ0) is 28.4. The SMILES string of the molecule is O=C(CC1CCN(c2cccc(C(F)(F)F)n2)CC1)c1ccc(Oc2cc3c(cc2Cl)C(C(=O)O)CCO3)cc1. The molecule has 7 nitrogen and oxygen atoms in total. The number of ether oxygens (including phenoxy) is 2. The van der Waals surface area contributed by atoms with Gasteiger partial charge in [-0.2, -0.15) is 13.2 Å². The smallest absolute Gasteiger partial charge is 0.433 e. The number of benzene rings is 2. The molecule has 2 aliphatic heterocycles. The van der Waals surface area contributed by atoms with Crippen LogP contribution < -0.4 is 14.4 Å². The number of nitrogens with zero attached hydrogens (tertiary/aromatic N) is 2. The lowest BCUT2D eigenvalue weighted by Gasteiger charge is -2.32. The van der Waals surface area contributed by atoms with Crippen LogP contribution in [0.1, 0.15) is 53.2 Å². The van der Waals surface area contributed by atoms with Crippen molar-refractivity contribution in [1.29, 1.82) is 0 Å². The summed E-state index contributed by atoms with van der Waals surface area (Å²) in [4.78, 5) is 30.0. The molecule has 0 bridgehead atoms. The van der Waals surface area contributed by atoms with Crippen molar-refractivity contribution in [3.63, 3.8) is 0 Å². The van der Waals surface area contributed by atoms with Crippen LogP contribution in [0, 0.1) is 5.92 Å². The zero-order valence-electron chi connectivity index (χ0n) is 21.3. The Morgan fingerprint density at radius 2 is 1.80 bits per heavy atom. The average Bonchev–Trinajstić information content (AvgIpc) is 2.93. The first-order chi connectivity index (χ1) is 19.1. The van der Waals surface area contributed by atoms with Gasteiger partial charge in [0.05, 0.1) is 17.5 Å². The Bertz CT molecular complexity index is 1410. The van der Waals surface area contributed by atoms with E-state index in [0.717, 1.165) is 6.07 Å². The minimum Gasteiger partial charge on any atom is -0.493 e. The van der Waals surface area contributed by atoms with Gasteiger partial charge in [-0.05, 0) is 67.6 Å². The molecule has 1 N–H and O–H groups in total. The number of pyridine rings is 1. The maximum Gasteiger partial charge on any atom is 0.433 e. The fourth-order valence-electron chi connectivity index (χ4n) is 5.06. The van der Waals surface area contributed by atoms with Crippen LogP contribution in [0.5, 0.6) is 17.2 Å². The van der Waals surface area contributed by atoms with Crippen LogP contribution in [0.3, 0.4) is 0 Å². The second-order valence-corrected chi connectivity index (χ2v) is 10.3. The van der Waals surface area contributed by atoms with E-state index < -0.39 is 23.8 Å². The van der Waals surface area contributed by atoms with Gasteiger partial charge in [0.25, 0.3) is 0 Å². The number of piperidine rings is 1. The van der Waals surface area contributed by atoms with Crippen LogP contribution in [0.4, 0.5) is 19.0 Å². The van der Waals surface area contributed by atoms with Crippen molar-refractivity contribution < 1.29 is 37.3 Å². The fourth-order valence-corrected chi connectivity index (χ4v) is 5.27. The number of alkyl halides is 3. The van der Waals surface area contributed by atoms with E-state index in [0.29, 0.717) is 73.0 Å². The van der Waals surface area contributed by atoms with E-state index in [-0.39, 0.29) is 23.3 Å². The molecule has 0 spiro atoms. The highest BCUT2D eigenvalue weighted by Crippen LogP contribution is 2.42. The third-order valence-electron chi connectivity index (χ3n) is 7.24. The Kier molecular flexibility index (Phi) is 7.89. The molecule has 1 atom stereocenters. The standard InChI is InChI=1S/C29H26ClF3N2O5/c30-22-15-21-20(28(37)38)10-13-39-24(21)16-25(22)40-19-6-4-18(5-7-19)23(36)14-17-8-11-35(12-9-17)27-3-1-2-26(34-27)29(31,32)33/h1-7,15-17,20H,8-14H2,(H,37,38). The van der Waals surface area contributed by atoms with Crippen LogP contribution in [0.25, 0.3) is 0 Å². The Morgan fingerprint density at radius 3 is 2.48 bits per heavy atom. The van der Waals surface area contributed by atoms with Crippen LogP contribution in [0.15, 0.2) is 54.6 Å². The van der Waals surface area contributed by atoms with Gasteiger partial charge in [0, 0.05) is 36.7 Å². The number of carboxylic acid groups (broad SMARTS) is 1. The largest absolute Gasteiger partial charge is 0.493 e. The summed E-state index contributed by atoms with van der Waals surface area (Å²) in [6.45, 7) is 1.33. The zero-order valence-corrected chi connectivity index (χ0v) is 22.0. The van der Waals surface area contributed by atoms with E-state index in [1.165, 1.54) is 6.07 Å². The molecule has 0 aliphatic carbocycles. The normalized spacial score (nSPS) is 17.6. The van der Waals surface area contributed by atoms with Gasteiger partial charge >= 0.3 is 12.1 Å². The van der Waals surface area contributed by atoms with E-state index >= 15 is 0 Å². The third-order valence-corrected chi connectivity index (χ3v) is 7.54. The summed E-state index contributed by atoms with van der Waals surface area (Å²) < 4.78 is 50.5. The lowest BCUT2D eigenvalue weighted by molar-refractivity contribution is -0.141. The molecular weight excluding hydrogens is 549 g/mol. The Morgan fingerprint density at radius 1 is 1.07 bits per heavy atom. The Balaban J connectivity index is 1.17. The highest BCUT2D eigenvalue weighted by atomic mass is 35.5. The summed E-state index contributed by atoms with van der Waals surface area (Å²) in [6, 6.07) is 13.7. The molecule has 2 aromatic carbocycles. The highest BCUT2D eigenvalue weighted by molar-refractivity contribution is 6.32. The predicted octanol–water partition coefficient (Wildman–Crippen LogP) is 6.99. The summed E-state index contributed by atoms with van der Waals surface area (Å²) in [6.07, 6.45) is -2.45. The molecule has 1 aromatic heterocycles. The summed E-state index contributed by atoms with van der Waals surface area (Å²) in [7, 11) is 0. The lowest BCUT2D eigenvalue weighted by atomic mass is 9.90. The van der Waals surface area contributed by atoms with Gasteiger partial charge in [-0.3, -0.25) is 9.59 Å². The molecule has 210 valence electrons. The quantitative estimate of drug-likeness (QED) is 0.304. The number of halogens is 4. The predicted molar refractivity (Wildman–Crippen MR) is 142 cm³/mol. The maximum absolute atomic E-state index is 13.0. The number of carbonyl (C=O) groups excluding carboxylic acids is 1. The molecule has 11 heteroatoms. The second kappa shape index (κ2) is 11.4. The van der Waals surface area contributed by atoms with Crippen LogP contribution in [0.2, 0.25) is 5.02 Å². The molecule has 1 saturated heterocycles. The molecule has 0 saturated carbocycles. The first-order valence-corrected chi connectivity index (χ1v) is 13.3. The number of carbonyl (C=O) groups is 2. The number of rotatable bonds is 7. The number of aliphatic carboxylic acids is 1. The minimum absolute atomic E-state index is 0.0258. The molecule has 0 radical (unpaired) electrons. The van der Waals surface area contributed by atoms with Crippen LogP contribution in [-0.4, -0.2) is 41.5 Å². The second-order valence-electron chi connectivity index (χ2n) is 9.91. The number of aromatic nitrogens is 1.